The lowest BCUT2D eigenvalue weighted by Gasteiger charge is -2.27. The maximum atomic E-state index is 13.4. The van der Waals surface area contributed by atoms with Crippen LogP contribution >= 0.6 is 0 Å². The molecular formula is C29H37NO6. The molecule has 0 aromatic heterocycles. The number of rotatable bonds is 9. The molecule has 2 aromatic carbocycles. The van der Waals surface area contributed by atoms with Gasteiger partial charge < -0.3 is 24.2 Å². The van der Waals surface area contributed by atoms with Crippen molar-refractivity contribution in [2.24, 2.45) is 0 Å². The fourth-order valence-corrected chi connectivity index (χ4v) is 4.48. The lowest BCUT2D eigenvalue weighted by molar-refractivity contribution is -0.140. The number of benzene rings is 2. The number of ketones is 1. The van der Waals surface area contributed by atoms with E-state index >= 15 is 0 Å². The van der Waals surface area contributed by atoms with Gasteiger partial charge in [0, 0.05) is 29.8 Å². The van der Waals surface area contributed by atoms with Crippen molar-refractivity contribution in [3.05, 3.63) is 64.7 Å². The Kier molecular flexibility index (Phi) is 8.46. The average Bonchev–Trinajstić information content (AvgIpc) is 3.09. The minimum Gasteiger partial charge on any atom is -0.507 e. The van der Waals surface area contributed by atoms with Crippen LogP contribution in [0.4, 0.5) is 0 Å². The van der Waals surface area contributed by atoms with E-state index in [0.717, 1.165) is 5.56 Å². The van der Waals surface area contributed by atoms with Crippen molar-refractivity contribution in [1.29, 1.82) is 0 Å². The summed E-state index contributed by atoms with van der Waals surface area (Å²) in [4.78, 5) is 28.1. The van der Waals surface area contributed by atoms with Gasteiger partial charge in [0.1, 0.15) is 17.3 Å². The molecular weight excluding hydrogens is 458 g/mol. The first-order valence-electron chi connectivity index (χ1n) is 12.2. The second-order valence-electron chi connectivity index (χ2n) is 10.2. The first-order chi connectivity index (χ1) is 17.0. The largest absolute Gasteiger partial charge is 0.507 e. The first-order valence-corrected chi connectivity index (χ1v) is 12.2. The normalized spacial score (nSPS) is 17.7. The zero-order chi connectivity index (χ0) is 26.6. The molecule has 2 aromatic rings. The standard InChI is InChI=1S/C29H37NO6/c1-18(2)36-16-10-15-30-25(20-11-8-9-12-22(20)34-6)24(27(32)28(30)33)26(31)19-13-14-23(35-7)21(17-19)29(3,4)5/h8-9,11-14,17-18,25,31H,10,15-16H2,1-7H3/b26-24+. The smallest absolute Gasteiger partial charge is 0.295 e. The van der Waals surface area contributed by atoms with Gasteiger partial charge in [-0.1, -0.05) is 39.0 Å². The lowest BCUT2D eigenvalue weighted by Crippen LogP contribution is -2.31. The number of aliphatic hydroxyl groups is 1. The zero-order valence-electron chi connectivity index (χ0n) is 22.3. The van der Waals surface area contributed by atoms with Gasteiger partial charge in [-0.2, -0.15) is 0 Å². The summed E-state index contributed by atoms with van der Waals surface area (Å²) in [6.45, 7) is 10.8. The number of hydrogen-bond acceptors (Lipinski definition) is 6. The fourth-order valence-electron chi connectivity index (χ4n) is 4.48. The van der Waals surface area contributed by atoms with Gasteiger partial charge in [0.05, 0.1) is 31.9 Å². The Morgan fingerprint density at radius 1 is 1.03 bits per heavy atom. The molecule has 1 unspecified atom stereocenters. The number of aliphatic hydroxyl groups excluding tert-OH is 1. The van der Waals surface area contributed by atoms with E-state index in [9.17, 15) is 14.7 Å². The van der Waals surface area contributed by atoms with Gasteiger partial charge in [0.25, 0.3) is 11.7 Å². The maximum Gasteiger partial charge on any atom is 0.295 e. The van der Waals surface area contributed by atoms with Crippen LogP contribution < -0.4 is 9.47 Å². The van der Waals surface area contributed by atoms with Crippen LogP contribution in [0, 0.1) is 0 Å². The Morgan fingerprint density at radius 3 is 2.31 bits per heavy atom. The molecule has 1 aliphatic heterocycles. The van der Waals surface area contributed by atoms with Crippen molar-refractivity contribution >= 4 is 17.4 Å². The first kappa shape index (κ1) is 27.3. The Morgan fingerprint density at radius 2 is 1.69 bits per heavy atom. The molecule has 3 rings (SSSR count). The molecule has 0 saturated carbocycles. The predicted molar refractivity (Wildman–Crippen MR) is 139 cm³/mol. The topological polar surface area (TPSA) is 85.3 Å². The number of amides is 1. The van der Waals surface area contributed by atoms with Crippen LogP contribution in [-0.4, -0.2) is 55.2 Å². The summed E-state index contributed by atoms with van der Waals surface area (Å²) in [6, 6.07) is 11.7. The molecule has 1 amide bonds. The highest BCUT2D eigenvalue weighted by molar-refractivity contribution is 6.46. The summed E-state index contributed by atoms with van der Waals surface area (Å²) in [5.74, 6) is -0.379. The Labute approximate surface area is 213 Å². The van der Waals surface area contributed by atoms with Crippen LogP contribution in [0.3, 0.4) is 0 Å². The molecule has 1 heterocycles. The molecule has 0 bridgehead atoms. The maximum absolute atomic E-state index is 13.4. The summed E-state index contributed by atoms with van der Waals surface area (Å²) in [7, 11) is 3.14. The lowest BCUT2D eigenvalue weighted by atomic mass is 9.84. The number of methoxy groups -OCH3 is 2. The van der Waals surface area contributed by atoms with E-state index in [1.54, 1.807) is 32.4 Å². The molecule has 0 spiro atoms. The van der Waals surface area contributed by atoms with Crippen molar-refractivity contribution in [2.75, 3.05) is 27.4 Å². The minimum absolute atomic E-state index is 0.0410. The van der Waals surface area contributed by atoms with Crippen LogP contribution in [0.25, 0.3) is 5.76 Å². The van der Waals surface area contributed by atoms with E-state index in [1.165, 1.54) is 4.90 Å². The highest BCUT2D eigenvalue weighted by Gasteiger charge is 2.46. The van der Waals surface area contributed by atoms with Crippen molar-refractivity contribution in [1.82, 2.24) is 4.90 Å². The Hall–Kier alpha value is -3.32. The number of nitrogens with zero attached hydrogens (tertiary/aromatic N) is 1. The summed E-state index contributed by atoms with van der Waals surface area (Å²) in [5.41, 5.74) is 1.73. The Balaban J connectivity index is 2.16. The van der Waals surface area contributed by atoms with Gasteiger partial charge in [-0.05, 0) is 49.9 Å². The summed E-state index contributed by atoms with van der Waals surface area (Å²) in [5, 5.41) is 11.5. The van der Waals surface area contributed by atoms with Gasteiger partial charge in [-0.15, -0.1) is 0 Å². The van der Waals surface area contributed by atoms with Crippen molar-refractivity contribution in [2.45, 2.75) is 58.6 Å². The molecule has 1 saturated heterocycles. The van der Waals surface area contributed by atoms with Gasteiger partial charge in [0.2, 0.25) is 0 Å². The molecule has 1 fully saturated rings. The number of carbonyl (C=O) groups is 2. The van der Waals surface area contributed by atoms with Crippen LogP contribution in [0.5, 0.6) is 11.5 Å². The minimum atomic E-state index is -0.791. The monoisotopic (exact) mass is 495 g/mol. The molecule has 0 radical (unpaired) electrons. The molecule has 194 valence electrons. The highest BCUT2D eigenvalue weighted by atomic mass is 16.5. The van der Waals surface area contributed by atoms with Crippen LogP contribution in [0.1, 0.15) is 63.8 Å². The van der Waals surface area contributed by atoms with E-state index in [4.69, 9.17) is 14.2 Å². The van der Waals surface area contributed by atoms with E-state index in [-0.39, 0.29) is 22.9 Å². The fraction of sp³-hybridized carbons (Fsp3) is 0.448. The molecule has 1 atom stereocenters. The summed E-state index contributed by atoms with van der Waals surface area (Å²) in [6.07, 6.45) is 0.616. The highest BCUT2D eigenvalue weighted by Crippen LogP contribution is 2.43. The molecule has 7 heteroatoms. The molecule has 1 N–H and O–H groups in total. The quantitative estimate of drug-likeness (QED) is 0.222. The predicted octanol–water partition coefficient (Wildman–Crippen LogP) is 5.24. The van der Waals surface area contributed by atoms with Crippen molar-refractivity contribution in [3.8, 4) is 11.5 Å². The Bertz CT molecular complexity index is 1140. The van der Waals surface area contributed by atoms with Crippen LogP contribution in [0.2, 0.25) is 0 Å². The van der Waals surface area contributed by atoms with E-state index in [1.807, 2.05) is 58.9 Å². The number of ether oxygens (including phenoxy) is 3. The van der Waals surface area contributed by atoms with Crippen LogP contribution in [0.15, 0.2) is 48.0 Å². The summed E-state index contributed by atoms with van der Waals surface area (Å²) >= 11 is 0. The molecule has 7 nitrogen and oxygen atoms in total. The molecule has 36 heavy (non-hydrogen) atoms. The van der Waals surface area contributed by atoms with Crippen molar-refractivity contribution < 1.29 is 28.9 Å². The number of Topliss-reactive ketones (excluding diaryl/α,β-unsaturated/α-hetero) is 1. The van der Waals surface area contributed by atoms with E-state index in [0.29, 0.717) is 42.2 Å². The van der Waals surface area contributed by atoms with Gasteiger partial charge in [-0.25, -0.2) is 0 Å². The van der Waals surface area contributed by atoms with Gasteiger partial charge in [-0.3, -0.25) is 9.59 Å². The van der Waals surface area contributed by atoms with Crippen molar-refractivity contribution in [3.63, 3.8) is 0 Å². The number of carbonyl (C=O) groups excluding carboxylic acids is 2. The number of hydrogen-bond donors (Lipinski definition) is 1. The number of para-hydroxylation sites is 1. The van der Waals surface area contributed by atoms with Gasteiger partial charge >= 0.3 is 0 Å². The third-order valence-electron chi connectivity index (χ3n) is 6.25. The number of likely N-dealkylation sites (tertiary alicyclic amines) is 1. The SMILES string of the molecule is COc1ccccc1C1/C(=C(\O)c2ccc(OC)c(C(C)(C)C)c2)C(=O)C(=O)N1CCCOC(C)C. The second kappa shape index (κ2) is 11.2. The third-order valence-corrected chi connectivity index (χ3v) is 6.25. The van der Waals surface area contributed by atoms with E-state index < -0.39 is 17.7 Å². The second-order valence-corrected chi connectivity index (χ2v) is 10.2. The summed E-state index contributed by atoms with van der Waals surface area (Å²) < 4.78 is 16.7. The average molecular weight is 496 g/mol. The van der Waals surface area contributed by atoms with Gasteiger partial charge in [0.15, 0.2) is 0 Å². The molecule has 1 aliphatic rings. The van der Waals surface area contributed by atoms with Crippen LogP contribution in [-0.2, 0) is 19.7 Å². The molecule has 0 aliphatic carbocycles. The zero-order valence-corrected chi connectivity index (χ0v) is 22.3. The van der Waals surface area contributed by atoms with E-state index in [2.05, 4.69) is 0 Å². The third kappa shape index (κ3) is 5.57.